The first-order valence-electron chi connectivity index (χ1n) is 3.27. The standard InChI is InChI=1S/C6H10N2O3S/c1-8(2)12(9,10)6-4-3-5-7-11-6/h3-5,7H,1-2H3. The Morgan fingerprint density at radius 2 is 2.17 bits per heavy atom. The van der Waals surface area contributed by atoms with Gasteiger partial charge in [-0.1, -0.05) is 0 Å². The van der Waals surface area contributed by atoms with Gasteiger partial charge in [0.2, 0.25) is 0 Å². The normalized spacial score (nSPS) is 16.8. The summed E-state index contributed by atoms with van der Waals surface area (Å²) in [5.74, 6) is 0. The van der Waals surface area contributed by atoms with Gasteiger partial charge >= 0.3 is 0 Å². The molecular weight excluding hydrogens is 180 g/mol. The van der Waals surface area contributed by atoms with Crippen molar-refractivity contribution in [1.29, 1.82) is 0 Å². The summed E-state index contributed by atoms with van der Waals surface area (Å²) in [4.78, 5) is 4.70. The number of hydrogen-bond donors (Lipinski definition) is 1. The van der Waals surface area contributed by atoms with Gasteiger partial charge in [-0.3, -0.25) is 0 Å². The Morgan fingerprint density at radius 3 is 2.58 bits per heavy atom. The molecule has 0 spiro atoms. The van der Waals surface area contributed by atoms with Crippen LogP contribution in [0.15, 0.2) is 23.4 Å². The summed E-state index contributed by atoms with van der Waals surface area (Å²) in [6, 6.07) is 0. The molecule has 0 radical (unpaired) electrons. The van der Waals surface area contributed by atoms with Crippen LogP contribution in [-0.4, -0.2) is 26.8 Å². The summed E-state index contributed by atoms with van der Waals surface area (Å²) in [5.41, 5.74) is 2.34. The summed E-state index contributed by atoms with van der Waals surface area (Å²) < 4.78 is 23.8. The number of nitrogens with one attached hydrogen (secondary N) is 1. The quantitative estimate of drug-likeness (QED) is 0.653. The molecule has 1 rings (SSSR count). The average Bonchev–Trinajstić information content (AvgIpc) is 2.06. The van der Waals surface area contributed by atoms with Crippen molar-refractivity contribution in [3.63, 3.8) is 0 Å². The van der Waals surface area contributed by atoms with E-state index < -0.39 is 10.0 Å². The number of nitrogens with zero attached hydrogens (tertiary/aromatic N) is 1. The first-order valence-corrected chi connectivity index (χ1v) is 4.71. The van der Waals surface area contributed by atoms with Crippen LogP contribution in [0.3, 0.4) is 0 Å². The second-order valence-electron chi connectivity index (χ2n) is 2.35. The Hall–Kier alpha value is -1.01. The maximum Gasteiger partial charge on any atom is 0.278 e. The van der Waals surface area contributed by atoms with Crippen LogP contribution in [0.5, 0.6) is 0 Å². The second kappa shape index (κ2) is 3.16. The smallest absolute Gasteiger partial charge is 0.278 e. The Kier molecular flexibility index (Phi) is 2.39. The van der Waals surface area contributed by atoms with E-state index in [2.05, 4.69) is 5.48 Å². The second-order valence-corrected chi connectivity index (χ2v) is 4.43. The van der Waals surface area contributed by atoms with Crippen LogP contribution in [0.25, 0.3) is 0 Å². The molecule has 0 unspecified atom stereocenters. The topological polar surface area (TPSA) is 58.6 Å². The summed E-state index contributed by atoms with van der Waals surface area (Å²) >= 11 is 0. The molecule has 6 heteroatoms. The zero-order chi connectivity index (χ0) is 9.19. The van der Waals surface area contributed by atoms with Crippen molar-refractivity contribution in [2.45, 2.75) is 0 Å². The molecule has 0 atom stereocenters. The molecule has 1 N–H and O–H groups in total. The molecule has 0 bridgehead atoms. The van der Waals surface area contributed by atoms with Gasteiger partial charge in [-0.2, -0.15) is 0 Å². The highest BCUT2D eigenvalue weighted by Gasteiger charge is 2.22. The lowest BCUT2D eigenvalue weighted by Gasteiger charge is -2.15. The molecular formula is C6H10N2O3S. The molecule has 0 aromatic rings. The lowest BCUT2D eigenvalue weighted by atomic mass is 10.6. The van der Waals surface area contributed by atoms with Crippen molar-refractivity contribution in [3.05, 3.63) is 23.4 Å². The van der Waals surface area contributed by atoms with Gasteiger partial charge in [0.25, 0.3) is 15.1 Å². The number of sulfonamides is 1. The fraction of sp³-hybridized carbons (Fsp3) is 0.333. The van der Waals surface area contributed by atoms with Crippen molar-refractivity contribution >= 4 is 10.0 Å². The van der Waals surface area contributed by atoms with E-state index in [9.17, 15) is 8.42 Å². The first kappa shape index (κ1) is 9.08. The van der Waals surface area contributed by atoms with Gasteiger partial charge in [-0.15, -0.1) is 0 Å². The van der Waals surface area contributed by atoms with E-state index in [1.54, 1.807) is 6.08 Å². The van der Waals surface area contributed by atoms with E-state index in [1.165, 1.54) is 26.4 Å². The van der Waals surface area contributed by atoms with Crippen LogP contribution in [0.1, 0.15) is 0 Å². The van der Waals surface area contributed by atoms with Crippen LogP contribution in [0, 0.1) is 0 Å². The van der Waals surface area contributed by atoms with Gasteiger partial charge in [0, 0.05) is 20.3 Å². The van der Waals surface area contributed by atoms with Crippen LogP contribution in [0.4, 0.5) is 0 Å². The minimum absolute atomic E-state index is 0.102. The lowest BCUT2D eigenvalue weighted by Crippen LogP contribution is -2.27. The largest absolute Gasteiger partial charge is 0.369 e. The molecule has 12 heavy (non-hydrogen) atoms. The van der Waals surface area contributed by atoms with E-state index >= 15 is 0 Å². The zero-order valence-electron chi connectivity index (χ0n) is 6.81. The Bertz CT molecular complexity index is 316. The van der Waals surface area contributed by atoms with E-state index in [0.29, 0.717) is 0 Å². The predicted molar refractivity (Wildman–Crippen MR) is 44.1 cm³/mol. The van der Waals surface area contributed by atoms with Gasteiger partial charge in [-0.05, 0) is 12.2 Å². The molecule has 1 aliphatic rings. The highest BCUT2D eigenvalue weighted by atomic mass is 32.2. The molecule has 0 fully saturated rings. The van der Waals surface area contributed by atoms with E-state index in [-0.39, 0.29) is 5.09 Å². The van der Waals surface area contributed by atoms with Crippen molar-refractivity contribution in [1.82, 2.24) is 9.79 Å². The van der Waals surface area contributed by atoms with Gasteiger partial charge in [0.15, 0.2) is 0 Å². The van der Waals surface area contributed by atoms with Crippen molar-refractivity contribution in [3.8, 4) is 0 Å². The van der Waals surface area contributed by atoms with E-state index in [4.69, 9.17) is 4.84 Å². The Balaban J connectivity index is 2.97. The van der Waals surface area contributed by atoms with Gasteiger partial charge in [0.05, 0.1) is 0 Å². The SMILES string of the molecule is CN(C)S(=O)(=O)C1=CC=CNO1. The molecule has 0 aliphatic carbocycles. The average molecular weight is 190 g/mol. The molecule has 0 aromatic carbocycles. The monoisotopic (exact) mass is 190 g/mol. The fourth-order valence-corrected chi connectivity index (χ4v) is 1.37. The third kappa shape index (κ3) is 1.59. The fourth-order valence-electron chi connectivity index (χ4n) is 0.611. The van der Waals surface area contributed by atoms with Crippen LogP contribution in [-0.2, 0) is 14.9 Å². The van der Waals surface area contributed by atoms with Crippen molar-refractivity contribution in [2.75, 3.05) is 14.1 Å². The lowest BCUT2D eigenvalue weighted by molar-refractivity contribution is 0.156. The third-order valence-corrected chi connectivity index (χ3v) is 2.98. The highest BCUT2D eigenvalue weighted by molar-refractivity contribution is 7.92. The van der Waals surface area contributed by atoms with Gasteiger partial charge in [0.1, 0.15) is 0 Å². The molecule has 0 saturated heterocycles. The van der Waals surface area contributed by atoms with Gasteiger partial charge < -0.3 is 4.84 Å². The maximum atomic E-state index is 11.3. The van der Waals surface area contributed by atoms with E-state index in [1.807, 2.05) is 0 Å². The molecule has 0 aromatic heterocycles. The van der Waals surface area contributed by atoms with Crippen LogP contribution in [0.2, 0.25) is 0 Å². The summed E-state index contributed by atoms with van der Waals surface area (Å²) in [6.45, 7) is 0. The number of rotatable bonds is 2. The minimum atomic E-state index is -3.44. The number of allylic oxidation sites excluding steroid dienone is 2. The number of hydroxylamine groups is 1. The minimum Gasteiger partial charge on any atom is -0.369 e. The number of hydrogen-bond acceptors (Lipinski definition) is 4. The Labute approximate surface area is 71.3 Å². The Morgan fingerprint density at radius 1 is 1.50 bits per heavy atom. The van der Waals surface area contributed by atoms with Gasteiger partial charge in [-0.25, -0.2) is 18.2 Å². The zero-order valence-corrected chi connectivity index (χ0v) is 7.63. The van der Waals surface area contributed by atoms with Crippen LogP contribution < -0.4 is 5.48 Å². The molecule has 68 valence electrons. The van der Waals surface area contributed by atoms with E-state index in [0.717, 1.165) is 4.31 Å². The summed E-state index contributed by atoms with van der Waals surface area (Å²) in [6.07, 6.45) is 4.43. The molecule has 0 saturated carbocycles. The predicted octanol–water partition coefficient (Wildman–Crippen LogP) is -0.232. The first-order chi connectivity index (χ1) is 5.55. The van der Waals surface area contributed by atoms with Crippen molar-refractivity contribution in [2.24, 2.45) is 0 Å². The molecule has 1 aliphatic heterocycles. The summed E-state index contributed by atoms with van der Waals surface area (Å²) in [7, 11) is -0.557. The van der Waals surface area contributed by atoms with Crippen LogP contribution >= 0.6 is 0 Å². The molecule has 5 nitrogen and oxygen atoms in total. The summed E-state index contributed by atoms with van der Waals surface area (Å²) in [5, 5.41) is -0.102. The molecule has 0 amide bonds. The maximum absolute atomic E-state index is 11.3. The highest BCUT2D eigenvalue weighted by Crippen LogP contribution is 2.12. The third-order valence-electron chi connectivity index (χ3n) is 1.29. The molecule has 1 heterocycles. The van der Waals surface area contributed by atoms with Crippen molar-refractivity contribution < 1.29 is 13.3 Å².